The van der Waals surface area contributed by atoms with Gasteiger partial charge in [-0.05, 0) is 24.6 Å². The van der Waals surface area contributed by atoms with Gasteiger partial charge >= 0.3 is 0 Å². The first-order valence-corrected chi connectivity index (χ1v) is 6.63. The van der Waals surface area contributed by atoms with Crippen LogP contribution in [0.5, 0.6) is 0 Å². The molecule has 0 aliphatic heterocycles. The second-order valence-corrected chi connectivity index (χ2v) is 6.50. The number of alkyl halides is 2. The van der Waals surface area contributed by atoms with Gasteiger partial charge in [0, 0.05) is 17.5 Å². The molecule has 1 aromatic carbocycles. The molecule has 18 heavy (non-hydrogen) atoms. The van der Waals surface area contributed by atoms with Crippen molar-refractivity contribution in [1.29, 1.82) is 0 Å². The van der Waals surface area contributed by atoms with Crippen LogP contribution in [-0.2, 0) is 6.54 Å². The van der Waals surface area contributed by atoms with E-state index in [4.69, 9.17) is 34.8 Å². The Labute approximate surface area is 118 Å². The summed E-state index contributed by atoms with van der Waals surface area (Å²) in [6.45, 7) is 0.487. The summed E-state index contributed by atoms with van der Waals surface area (Å²) in [7, 11) is 0. The SMILES string of the molecule is O=c1c2cc(Cl)ccc2ncn1CC1CC1(Cl)Cl. The Bertz CT molecular complexity index is 681. The number of hydrogen-bond donors (Lipinski definition) is 0. The van der Waals surface area contributed by atoms with Crippen molar-refractivity contribution in [2.24, 2.45) is 5.92 Å². The van der Waals surface area contributed by atoms with Gasteiger partial charge in [-0.15, -0.1) is 23.2 Å². The highest BCUT2D eigenvalue weighted by Crippen LogP contribution is 2.53. The number of rotatable bonds is 2. The minimum Gasteiger partial charge on any atom is -0.298 e. The summed E-state index contributed by atoms with van der Waals surface area (Å²) in [5.41, 5.74) is 0.526. The number of fused-ring (bicyclic) bond motifs is 1. The Morgan fingerprint density at radius 1 is 1.44 bits per heavy atom. The Morgan fingerprint density at radius 2 is 2.17 bits per heavy atom. The van der Waals surface area contributed by atoms with Crippen molar-refractivity contribution in [2.45, 2.75) is 17.3 Å². The molecule has 1 unspecified atom stereocenters. The van der Waals surface area contributed by atoms with Crippen molar-refractivity contribution in [2.75, 3.05) is 0 Å². The molecule has 0 N–H and O–H groups in total. The molecule has 0 bridgehead atoms. The summed E-state index contributed by atoms with van der Waals surface area (Å²) in [4.78, 5) is 16.5. The monoisotopic (exact) mass is 302 g/mol. The van der Waals surface area contributed by atoms with Crippen LogP contribution >= 0.6 is 34.8 Å². The number of hydrogen-bond acceptors (Lipinski definition) is 2. The largest absolute Gasteiger partial charge is 0.298 e. The Hall–Kier alpha value is -0.770. The molecule has 3 nitrogen and oxygen atoms in total. The number of nitrogens with zero attached hydrogens (tertiary/aromatic N) is 2. The normalized spacial score (nSPS) is 21.2. The minimum atomic E-state index is -0.692. The van der Waals surface area contributed by atoms with Gasteiger partial charge in [-0.1, -0.05) is 11.6 Å². The fourth-order valence-electron chi connectivity index (χ4n) is 1.97. The molecule has 0 saturated heterocycles. The van der Waals surface area contributed by atoms with Gasteiger partial charge in [-0.2, -0.15) is 0 Å². The highest BCUT2D eigenvalue weighted by atomic mass is 35.5. The van der Waals surface area contributed by atoms with Crippen LogP contribution in [0.3, 0.4) is 0 Å². The maximum Gasteiger partial charge on any atom is 0.261 e. The van der Waals surface area contributed by atoms with E-state index in [1.54, 1.807) is 18.2 Å². The molecule has 94 valence electrons. The van der Waals surface area contributed by atoms with Gasteiger partial charge in [-0.3, -0.25) is 9.36 Å². The van der Waals surface area contributed by atoms with Crippen LogP contribution in [0.1, 0.15) is 6.42 Å². The van der Waals surface area contributed by atoms with Crippen molar-refractivity contribution in [3.63, 3.8) is 0 Å². The zero-order valence-corrected chi connectivity index (χ0v) is 11.5. The minimum absolute atomic E-state index is 0.108. The van der Waals surface area contributed by atoms with E-state index in [-0.39, 0.29) is 11.5 Å². The molecule has 0 spiro atoms. The molecule has 0 radical (unpaired) electrons. The summed E-state index contributed by atoms with van der Waals surface area (Å²) in [5.74, 6) is 0.108. The third kappa shape index (κ3) is 2.11. The predicted molar refractivity (Wildman–Crippen MR) is 73.6 cm³/mol. The third-order valence-corrected chi connectivity index (χ3v) is 4.32. The first-order chi connectivity index (χ1) is 8.47. The lowest BCUT2D eigenvalue weighted by Crippen LogP contribution is -2.22. The maximum absolute atomic E-state index is 12.2. The first kappa shape index (κ1) is 12.3. The molecule has 1 aliphatic carbocycles. The highest BCUT2D eigenvalue weighted by Gasteiger charge is 2.51. The second kappa shape index (κ2) is 4.12. The molecule has 1 fully saturated rings. The Kier molecular flexibility index (Phi) is 2.81. The van der Waals surface area contributed by atoms with Crippen LogP contribution in [0.15, 0.2) is 29.3 Å². The zero-order valence-electron chi connectivity index (χ0n) is 9.24. The summed E-state index contributed by atoms with van der Waals surface area (Å²) >= 11 is 17.8. The number of halogens is 3. The molecule has 3 rings (SSSR count). The van der Waals surface area contributed by atoms with Gasteiger partial charge in [0.2, 0.25) is 0 Å². The van der Waals surface area contributed by atoms with Gasteiger partial charge in [-0.25, -0.2) is 4.98 Å². The van der Waals surface area contributed by atoms with Gasteiger partial charge in [0.05, 0.1) is 17.2 Å². The van der Waals surface area contributed by atoms with Crippen molar-refractivity contribution in [3.8, 4) is 0 Å². The predicted octanol–water partition coefficient (Wildman–Crippen LogP) is 3.24. The molecule has 6 heteroatoms. The molecular formula is C12H9Cl3N2O. The quantitative estimate of drug-likeness (QED) is 0.798. The maximum atomic E-state index is 12.2. The van der Waals surface area contributed by atoms with Gasteiger partial charge < -0.3 is 0 Å². The standard InChI is InChI=1S/C12H9Cl3N2O/c13-8-1-2-10-9(3-8)11(18)17(6-16-10)5-7-4-12(7,14)15/h1-3,6-7H,4-5H2. The summed E-state index contributed by atoms with van der Waals surface area (Å²) in [5, 5.41) is 1.04. The van der Waals surface area contributed by atoms with Crippen molar-refractivity contribution in [1.82, 2.24) is 9.55 Å². The van der Waals surface area contributed by atoms with Crippen molar-refractivity contribution >= 4 is 45.7 Å². The fourth-order valence-corrected chi connectivity index (χ4v) is 2.65. The van der Waals surface area contributed by atoms with Crippen LogP contribution in [0.2, 0.25) is 5.02 Å². The molecule has 1 heterocycles. The zero-order chi connectivity index (χ0) is 12.9. The lowest BCUT2D eigenvalue weighted by molar-refractivity contribution is 0.597. The van der Waals surface area contributed by atoms with Gasteiger partial charge in [0.1, 0.15) is 4.33 Å². The topological polar surface area (TPSA) is 34.9 Å². The molecule has 0 amide bonds. The smallest absolute Gasteiger partial charge is 0.261 e. The van der Waals surface area contributed by atoms with E-state index < -0.39 is 4.33 Å². The Morgan fingerprint density at radius 3 is 2.83 bits per heavy atom. The lowest BCUT2D eigenvalue weighted by Gasteiger charge is -2.06. The summed E-state index contributed by atoms with van der Waals surface area (Å²) < 4.78 is 0.846. The van der Waals surface area contributed by atoms with Crippen LogP contribution in [-0.4, -0.2) is 13.9 Å². The van der Waals surface area contributed by atoms with E-state index in [1.807, 2.05) is 0 Å². The van der Waals surface area contributed by atoms with Crippen molar-refractivity contribution < 1.29 is 0 Å². The van der Waals surface area contributed by atoms with Crippen LogP contribution in [0, 0.1) is 5.92 Å². The van der Waals surface area contributed by atoms with Crippen LogP contribution in [0.25, 0.3) is 10.9 Å². The molecule has 1 atom stereocenters. The van der Waals surface area contributed by atoms with Crippen LogP contribution < -0.4 is 5.56 Å². The molecular weight excluding hydrogens is 295 g/mol. The van der Waals surface area contributed by atoms with E-state index >= 15 is 0 Å². The van der Waals surface area contributed by atoms with Crippen LogP contribution in [0.4, 0.5) is 0 Å². The second-order valence-electron chi connectivity index (χ2n) is 4.53. The average Bonchev–Trinajstić information content (AvgIpc) is 2.91. The first-order valence-electron chi connectivity index (χ1n) is 5.50. The van der Waals surface area contributed by atoms with Gasteiger partial charge in [0.15, 0.2) is 0 Å². The van der Waals surface area contributed by atoms with E-state index in [9.17, 15) is 4.79 Å². The van der Waals surface area contributed by atoms with E-state index in [2.05, 4.69) is 4.98 Å². The third-order valence-electron chi connectivity index (χ3n) is 3.16. The summed E-state index contributed by atoms with van der Waals surface area (Å²) in [6.07, 6.45) is 2.23. The highest BCUT2D eigenvalue weighted by molar-refractivity contribution is 6.50. The summed E-state index contributed by atoms with van der Waals surface area (Å²) in [6, 6.07) is 5.07. The molecule has 1 aromatic heterocycles. The van der Waals surface area contributed by atoms with E-state index in [1.165, 1.54) is 10.9 Å². The number of benzene rings is 1. The van der Waals surface area contributed by atoms with E-state index in [0.717, 1.165) is 0 Å². The molecule has 1 saturated carbocycles. The Balaban J connectivity index is 2.04. The molecule has 2 aromatic rings. The number of aromatic nitrogens is 2. The van der Waals surface area contributed by atoms with E-state index in [0.29, 0.717) is 28.9 Å². The molecule has 1 aliphatic rings. The van der Waals surface area contributed by atoms with Crippen molar-refractivity contribution in [3.05, 3.63) is 39.9 Å². The average molecular weight is 304 g/mol. The lowest BCUT2D eigenvalue weighted by atomic mass is 10.2. The van der Waals surface area contributed by atoms with Gasteiger partial charge in [0.25, 0.3) is 5.56 Å². The fraction of sp³-hybridized carbons (Fsp3) is 0.333.